The van der Waals surface area contributed by atoms with Crippen molar-refractivity contribution < 1.29 is 19.4 Å². The van der Waals surface area contributed by atoms with Gasteiger partial charge in [0.1, 0.15) is 5.75 Å². The minimum absolute atomic E-state index is 0.110. The van der Waals surface area contributed by atoms with Crippen molar-refractivity contribution in [3.63, 3.8) is 0 Å². The summed E-state index contributed by atoms with van der Waals surface area (Å²) < 4.78 is 5.15. The van der Waals surface area contributed by atoms with E-state index in [1.165, 1.54) is 25.3 Å². The van der Waals surface area contributed by atoms with Gasteiger partial charge in [-0.2, -0.15) is 0 Å². The number of carbonyl (C=O) groups is 2. The first-order valence-corrected chi connectivity index (χ1v) is 6.46. The molecule has 2 atom stereocenters. The highest BCUT2D eigenvalue weighted by Crippen LogP contribution is 2.27. The first kappa shape index (κ1) is 14.3. The number of aromatic carboxylic acids is 1. The van der Waals surface area contributed by atoms with Crippen LogP contribution in [0.25, 0.3) is 0 Å². The standard InChI is InChI=1S/C14H18N2O4/c1-8-6-15-7-10(8)13(17)16-11-5-9(14(18)19)3-4-12(11)20-2/h3-5,8,10,15H,6-7H2,1-2H3,(H,16,17)(H,18,19). The Balaban J connectivity index is 2.20. The van der Waals surface area contributed by atoms with Crippen molar-refractivity contribution in [3.05, 3.63) is 23.8 Å². The summed E-state index contributed by atoms with van der Waals surface area (Å²) in [7, 11) is 1.48. The van der Waals surface area contributed by atoms with Gasteiger partial charge in [0.2, 0.25) is 5.91 Å². The summed E-state index contributed by atoms with van der Waals surface area (Å²) in [5, 5.41) is 14.9. The summed E-state index contributed by atoms with van der Waals surface area (Å²) in [6.07, 6.45) is 0. The van der Waals surface area contributed by atoms with Gasteiger partial charge in [0.05, 0.1) is 24.3 Å². The molecule has 1 fully saturated rings. The SMILES string of the molecule is COc1ccc(C(=O)O)cc1NC(=O)C1CNCC1C. The number of amides is 1. The van der Waals surface area contributed by atoms with Gasteiger partial charge in [-0.25, -0.2) is 4.79 Å². The minimum Gasteiger partial charge on any atom is -0.495 e. The van der Waals surface area contributed by atoms with Gasteiger partial charge in [-0.3, -0.25) is 4.79 Å². The number of carboxylic acid groups (broad SMARTS) is 1. The zero-order valence-corrected chi connectivity index (χ0v) is 11.5. The molecule has 6 heteroatoms. The first-order chi connectivity index (χ1) is 9.52. The van der Waals surface area contributed by atoms with Crippen LogP contribution < -0.4 is 15.4 Å². The van der Waals surface area contributed by atoms with E-state index in [4.69, 9.17) is 9.84 Å². The molecule has 1 aliphatic heterocycles. The highest BCUT2D eigenvalue weighted by Gasteiger charge is 2.30. The van der Waals surface area contributed by atoms with Crippen LogP contribution in [0.2, 0.25) is 0 Å². The van der Waals surface area contributed by atoms with E-state index < -0.39 is 5.97 Å². The number of hydrogen-bond acceptors (Lipinski definition) is 4. The zero-order chi connectivity index (χ0) is 14.7. The molecule has 2 rings (SSSR count). The minimum atomic E-state index is -1.04. The van der Waals surface area contributed by atoms with Crippen molar-refractivity contribution in [2.75, 3.05) is 25.5 Å². The van der Waals surface area contributed by atoms with Gasteiger partial charge in [-0.15, -0.1) is 0 Å². The predicted octanol–water partition coefficient (Wildman–Crippen LogP) is 1.19. The monoisotopic (exact) mass is 278 g/mol. The van der Waals surface area contributed by atoms with Crippen molar-refractivity contribution in [2.45, 2.75) is 6.92 Å². The third-order valence-electron chi connectivity index (χ3n) is 3.56. The van der Waals surface area contributed by atoms with E-state index in [1.54, 1.807) is 0 Å². The molecule has 0 saturated carbocycles. The van der Waals surface area contributed by atoms with Crippen LogP contribution >= 0.6 is 0 Å². The molecule has 2 unspecified atom stereocenters. The summed E-state index contributed by atoms with van der Waals surface area (Å²) in [4.78, 5) is 23.2. The van der Waals surface area contributed by atoms with Gasteiger partial charge in [-0.05, 0) is 30.7 Å². The maximum absolute atomic E-state index is 12.2. The van der Waals surface area contributed by atoms with Crippen LogP contribution in [-0.4, -0.2) is 37.2 Å². The Hall–Kier alpha value is -2.08. The van der Waals surface area contributed by atoms with Gasteiger partial charge in [-0.1, -0.05) is 6.92 Å². The van der Waals surface area contributed by atoms with Crippen molar-refractivity contribution in [1.29, 1.82) is 0 Å². The van der Waals surface area contributed by atoms with E-state index in [0.29, 0.717) is 18.0 Å². The fourth-order valence-corrected chi connectivity index (χ4v) is 2.33. The third-order valence-corrected chi connectivity index (χ3v) is 3.56. The third kappa shape index (κ3) is 2.91. The molecule has 1 aliphatic rings. The summed E-state index contributed by atoms with van der Waals surface area (Å²) in [6, 6.07) is 4.39. The van der Waals surface area contributed by atoms with Crippen LogP contribution in [0.15, 0.2) is 18.2 Å². The molecule has 1 aromatic rings. The van der Waals surface area contributed by atoms with Crippen molar-refractivity contribution >= 4 is 17.6 Å². The molecule has 20 heavy (non-hydrogen) atoms. The van der Waals surface area contributed by atoms with Gasteiger partial charge in [0.15, 0.2) is 0 Å². The number of nitrogens with one attached hydrogen (secondary N) is 2. The normalized spacial score (nSPS) is 21.5. The number of carbonyl (C=O) groups excluding carboxylic acids is 1. The Kier molecular flexibility index (Phi) is 4.24. The van der Waals surface area contributed by atoms with Crippen LogP contribution in [0.5, 0.6) is 5.75 Å². The zero-order valence-electron chi connectivity index (χ0n) is 11.5. The second-order valence-electron chi connectivity index (χ2n) is 4.95. The topological polar surface area (TPSA) is 87.7 Å². The molecule has 0 radical (unpaired) electrons. The summed E-state index contributed by atoms with van der Waals surface area (Å²) in [5.74, 6) is -0.582. The molecule has 0 bridgehead atoms. The second kappa shape index (κ2) is 5.92. The van der Waals surface area contributed by atoms with Crippen molar-refractivity contribution in [2.24, 2.45) is 11.8 Å². The quantitative estimate of drug-likeness (QED) is 0.770. The Bertz CT molecular complexity index is 530. The van der Waals surface area contributed by atoms with Gasteiger partial charge >= 0.3 is 5.97 Å². The Morgan fingerprint density at radius 1 is 1.40 bits per heavy atom. The van der Waals surface area contributed by atoms with Gasteiger partial charge in [0.25, 0.3) is 0 Å². The fraction of sp³-hybridized carbons (Fsp3) is 0.429. The molecule has 1 heterocycles. The van der Waals surface area contributed by atoms with E-state index in [2.05, 4.69) is 10.6 Å². The number of benzene rings is 1. The molecule has 0 aliphatic carbocycles. The Morgan fingerprint density at radius 2 is 2.15 bits per heavy atom. The maximum Gasteiger partial charge on any atom is 0.335 e. The number of methoxy groups -OCH3 is 1. The predicted molar refractivity (Wildman–Crippen MR) is 74.1 cm³/mol. The average molecular weight is 278 g/mol. The van der Waals surface area contributed by atoms with E-state index in [1.807, 2.05) is 6.92 Å². The van der Waals surface area contributed by atoms with Crippen molar-refractivity contribution in [3.8, 4) is 5.75 Å². The van der Waals surface area contributed by atoms with Crippen LogP contribution in [0.3, 0.4) is 0 Å². The highest BCUT2D eigenvalue weighted by atomic mass is 16.5. The second-order valence-corrected chi connectivity index (χ2v) is 4.95. The number of ether oxygens (including phenoxy) is 1. The summed E-state index contributed by atoms with van der Waals surface area (Å²) in [5.41, 5.74) is 0.496. The molecular formula is C14H18N2O4. The lowest BCUT2D eigenvalue weighted by molar-refractivity contribution is -0.120. The number of hydrogen-bond donors (Lipinski definition) is 3. The fourth-order valence-electron chi connectivity index (χ4n) is 2.33. The molecule has 108 valence electrons. The van der Waals surface area contributed by atoms with Crippen LogP contribution in [0.4, 0.5) is 5.69 Å². The van der Waals surface area contributed by atoms with E-state index in [9.17, 15) is 9.59 Å². The molecule has 0 aromatic heterocycles. The average Bonchev–Trinajstić information content (AvgIpc) is 2.84. The van der Waals surface area contributed by atoms with Gasteiger partial charge in [0, 0.05) is 6.54 Å². The lowest BCUT2D eigenvalue weighted by Gasteiger charge is -2.16. The van der Waals surface area contributed by atoms with Crippen LogP contribution in [0.1, 0.15) is 17.3 Å². The Morgan fingerprint density at radius 3 is 2.70 bits per heavy atom. The van der Waals surface area contributed by atoms with E-state index >= 15 is 0 Å². The molecule has 3 N–H and O–H groups in total. The Labute approximate surface area is 117 Å². The molecule has 6 nitrogen and oxygen atoms in total. The van der Waals surface area contributed by atoms with Gasteiger partial charge < -0.3 is 20.5 Å². The summed E-state index contributed by atoms with van der Waals surface area (Å²) in [6.45, 7) is 3.45. The smallest absolute Gasteiger partial charge is 0.335 e. The lowest BCUT2D eigenvalue weighted by atomic mass is 9.97. The molecule has 1 aromatic carbocycles. The molecule has 1 saturated heterocycles. The lowest BCUT2D eigenvalue weighted by Crippen LogP contribution is -2.28. The molecule has 0 spiro atoms. The maximum atomic E-state index is 12.2. The number of carboxylic acids is 1. The number of anilines is 1. The highest BCUT2D eigenvalue weighted by molar-refractivity contribution is 5.97. The van der Waals surface area contributed by atoms with Crippen LogP contribution in [0, 0.1) is 11.8 Å². The van der Waals surface area contributed by atoms with Crippen molar-refractivity contribution in [1.82, 2.24) is 5.32 Å². The first-order valence-electron chi connectivity index (χ1n) is 6.46. The van der Waals surface area contributed by atoms with E-state index in [-0.39, 0.29) is 23.3 Å². The van der Waals surface area contributed by atoms with Crippen LogP contribution in [-0.2, 0) is 4.79 Å². The van der Waals surface area contributed by atoms with E-state index in [0.717, 1.165) is 6.54 Å². The molecular weight excluding hydrogens is 260 g/mol. The largest absolute Gasteiger partial charge is 0.495 e. The summed E-state index contributed by atoms with van der Waals surface area (Å²) >= 11 is 0. The molecule has 1 amide bonds. The number of rotatable bonds is 4.